The van der Waals surface area contributed by atoms with Crippen molar-refractivity contribution in [3.8, 4) is 11.5 Å². The van der Waals surface area contributed by atoms with Crippen LogP contribution in [0.2, 0.25) is 0 Å². The molecule has 5 heteroatoms. The van der Waals surface area contributed by atoms with Crippen molar-refractivity contribution in [2.45, 2.75) is 27.2 Å². The second-order valence-corrected chi connectivity index (χ2v) is 5.30. The molecule has 5 nitrogen and oxygen atoms in total. The Morgan fingerprint density at radius 2 is 1.95 bits per heavy atom. The first-order valence-electron chi connectivity index (χ1n) is 7.12. The quantitative estimate of drug-likeness (QED) is 0.596. The van der Waals surface area contributed by atoms with Crippen LogP contribution in [0, 0.1) is 11.8 Å². The molecule has 0 radical (unpaired) electrons. The average molecular weight is 292 g/mol. The maximum absolute atomic E-state index is 12.4. The Morgan fingerprint density at radius 3 is 2.62 bits per heavy atom. The highest BCUT2D eigenvalue weighted by Gasteiger charge is 2.27. The topological polar surface area (TPSA) is 61.8 Å². The minimum absolute atomic E-state index is 0.0435. The van der Waals surface area contributed by atoms with Crippen LogP contribution < -0.4 is 9.47 Å². The fourth-order valence-corrected chi connectivity index (χ4v) is 2.23. The molecular formula is C16H20O5. The maximum atomic E-state index is 12.4. The van der Waals surface area contributed by atoms with Gasteiger partial charge < -0.3 is 14.2 Å². The first kappa shape index (κ1) is 15.4. The average Bonchev–Trinajstić information content (AvgIpc) is 2.91. The molecule has 1 aromatic rings. The van der Waals surface area contributed by atoms with E-state index >= 15 is 0 Å². The lowest BCUT2D eigenvalue weighted by Crippen LogP contribution is -2.25. The Hall–Kier alpha value is -2.04. The molecule has 0 saturated heterocycles. The Balaban J connectivity index is 2.10. The third-order valence-corrected chi connectivity index (χ3v) is 3.49. The van der Waals surface area contributed by atoms with Gasteiger partial charge >= 0.3 is 5.97 Å². The molecule has 0 aliphatic carbocycles. The number of carbonyl (C=O) groups is 2. The largest absolute Gasteiger partial charge is 0.466 e. The van der Waals surface area contributed by atoms with E-state index in [1.807, 2.05) is 13.8 Å². The number of esters is 1. The molecule has 0 aromatic heterocycles. The lowest BCUT2D eigenvalue weighted by molar-refractivity contribution is -0.149. The summed E-state index contributed by atoms with van der Waals surface area (Å²) in [5.41, 5.74) is 0.522. The van der Waals surface area contributed by atoms with Gasteiger partial charge in [0.15, 0.2) is 17.3 Å². The van der Waals surface area contributed by atoms with Crippen molar-refractivity contribution in [3.63, 3.8) is 0 Å². The Kier molecular flexibility index (Phi) is 4.83. The van der Waals surface area contributed by atoms with E-state index in [1.54, 1.807) is 25.1 Å². The molecule has 0 amide bonds. The highest BCUT2D eigenvalue weighted by Crippen LogP contribution is 2.33. The van der Waals surface area contributed by atoms with Gasteiger partial charge in [-0.15, -0.1) is 0 Å². The van der Waals surface area contributed by atoms with Crippen LogP contribution in [0.1, 0.15) is 37.6 Å². The summed E-state index contributed by atoms with van der Waals surface area (Å²) in [6, 6.07) is 5.07. The fourth-order valence-electron chi connectivity index (χ4n) is 2.23. The van der Waals surface area contributed by atoms with E-state index < -0.39 is 5.92 Å². The van der Waals surface area contributed by atoms with Crippen LogP contribution in [0.4, 0.5) is 0 Å². The monoisotopic (exact) mass is 292 g/mol. The number of benzene rings is 1. The standard InChI is InChI=1S/C16H20O5/c1-4-19-16(18)12(10(2)3)8-13(17)11-5-6-14-15(7-11)21-9-20-14/h5-7,10,12H,4,8-9H2,1-3H3. The van der Waals surface area contributed by atoms with Crippen LogP contribution in [0.15, 0.2) is 18.2 Å². The lowest BCUT2D eigenvalue weighted by Gasteiger charge is -2.18. The number of ether oxygens (including phenoxy) is 3. The van der Waals surface area contributed by atoms with Crippen molar-refractivity contribution in [2.75, 3.05) is 13.4 Å². The minimum atomic E-state index is -0.428. The molecule has 1 aromatic carbocycles. The predicted molar refractivity (Wildman–Crippen MR) is 76.5 cm³/mol. The zero-order chi connectivity index (χ0) is 15.4. The number of hydrogen-bond donors (Lipinski definition) is 0. The molecule has 1 heterocycles. The van der Waals surface area contributed by atoms with Gasteiger partial charge in [0, 0.05) is 12.0 Å². The molecule has 1 aliphatic rings. The summed E-state index contributed by atoms with van der Waals surface area (Å²) in [5, 5.41) is 0. The summed E-state index contributed by atoms with van der Waals surface area (Å²) in [4.78, 5) is 24.3. The van der Waals surface area contributed by atoms with Gasteiger partial charge in [0.1, 0.15) is 0 Å². The molecule has 0 saturated carbocycles. The van der Waals surface area contributed by atoms with Crippen LogP contribution >= 0.6 is 0 Å². The van der Waals surface area contributed by atoms with E-state index in [2.05, 4.69) is 0 Å². The molecule has 0 N–H and O–H groups in total. The summed E-state index contributed by atoms with van der Waals surface area (Å²) in [5.74, 6) is 0.405. The smallest absolute Gasteiger partial charge is 0.309 e. The zero-order valence-electron chi connectivity index (χ0n) is 12.5. The Labute approximate surface area is 124 Å². The van der Waals surface area contributed by atoms with Gasteiger partial charge in [0.2, 0.25) is 6.79 Å². The second-order valence-electron chi connectivity index (χ2n) is 5.30. The minimum Gasteiger partial charge on any atom is -0.466 e. The zero-order valence-corrected chi connectivity index (χ0v) is 12.5. The van der Waals surface area contributed by atoms with Gasteiger partial charge in [0.25, 0.3) is 0 Å². The summed E-state index contributed by atoms with van der Waals surface area (Å²) < 4.78 is 15.5. The van der Waals surface area contributed by atoms with Crippen molar-refractivity contribution >= 4 is 11.8 Å². The first-order valence-corrected chi connectivity index (χ1v) is 7.12. The third kappa shape index (κ3) is 3.54. The molecule has 0 bridgehead atoms. The van der Waals surface area contributed by atoms with Crippen LogP contribution in [-0.4, -0.2) is 25.2 Å². The van der Waals surface area contributed by atoms with Gasteiger partial charge in [-0.25, -0.2) is 0 Å². The maximum Gasteiger partial charge on any atom is 0.309 e. The number of carbonyl (C=O) groups excluding carboxylic acids is 2. The van der Waals surface area contributed by atoms with Crippen molar-refractivity contribution in [3.05, 3.63) is 23.8 Å². The van der Waals surface area contributed by atoms with Gasteiger partial charge in [-0.05, 0) is 31.0 Å². The fraction of sp³-hybridized carbons (Fsp3) is 0.500. The van der Waals surface area contributed by atoms with E-state index in [0.29, 0.717) is 23.7 Å². The van der Waals surface area contributed by atoms with Crippen molar-refractivity contribution in [1.82, 2.24) is 0 Å². The van der Waals surface area contributed by atoms with Gasteiger partial charge in [-0.3, -0.25) is 9.59 Å². The summed E-state index contributed by atoms with van der Waals surface area (Å²) in [6.45, 7) is 6.07. The number of fused-ring (bicyclic) bond motifs is 1. The third-order valence-electron chi connectivity index (χ3n) is 3.49. The molecule has 114 valence electrons. The SMILES string of the molecule is CCOC(=O)C(CC(=O)c1ccc2c(c1)OCO2)C(C)C. The van der Waals surface area contributed by atoms with Crippen LogP contribution in [0.3, 0.4) is 0 Å². The van der Waals surface area contributed by atoms with Crippen molar-refractivity contribution in [1.29, 1.82) is 0 Å². The highest BCUT2D eigenvalue weighted by atomic mass is 16.7. The van der Waals surface area contributed by atoms with Crippen LogP contribution in [0.5, 0.6) is 11.5 Å². The molecule has 1 aliphatic heterocycles. The lowest BCUT2D eigenvalue weighted by atomic mass is 9.89. The summed E-state index contributed by atoms with van der Waals surface area (Å²) in [6.07, 6.45) is 0.135. The Morgan fingerprint density at radius 1 is 1.24 bits per heavy atom. The van der Waals surface area contributed by atoms with Crippen molar-refractivity contribution < 1.29 is 23.8 Å². The number of rotatable bonds is 6. The van der Waals surface area contributed by atoms with E-state index in [0.717, 1.165) is 0 Å². The van der Waals surface area contributed by atoms with Gasteiger partial charge in [-0.2, -0.15) is 0 Å². The normalized spacial score (nSPS) is 14.1. The van der Waals surface area contributed by atoms with E-state index in [4.69, 9.17) is 14.2 Å². The van der Waals surface area contributed by atoms with E-state index in [1.165, 1.54) is 0 Å². The van der Waals surface area contributed by atoms with E-state index in [9.17, 15) is 9.59 Å². The van der Waals surface area contributed by atoms with Crippen molar-refractivity contribution in [2.24, 2.45) is 11.8 Å². The molecule has 1 atom stereocenters. The molecular weight excluding hydrogens is 272 g/mol. The molecule has 0 spiro atoms. The van der Waals surface area contributed by atoms with Gasteiger partial charge in [0.05, 0.1) is 12.5 Å². The van der Waals surface area contributed by atoms with Crippen LogP contribution in [-0.2, 0) is 9.53 Å². The molecule has 0 fully saturated rings. The molecule has 21 heavy (non-hydrogen) atoms. The Bertz CT molecular complexity index is 535. The first-order chi connectivity index (χ1) is 10.0. The number of ketones is 1. The van der Waals surface area contributed by atoms with Crippen LogP contribution in [0.25, 0.3) is 0 Å². The highest BCUT2D eigenvalue weighted by molar-refractivity contribution is 5.98. The summed E-state index contributed by atoms with van der Waals surface area (Å²) in [7, 11) is 0. The predicted octanol–water partition coefficient (Wildman–Crippen LogP) is 2.82. The summed E-state index contributed by atoms with van der Waals surface area (Å²) >= 11 is 0. The number of Topliss-reactive ketones (excluding diaryl/α,β-unsaturated/α-hetero) is 1. The molecule has 1 unspecified atom stereocenters. The van der Waals surface area contributed by atoms with E-state index in [-0.39, 0.29) is 30.9 Å². The second kappa shape index (κ2) is 6.61. The number of hydrogen-bond acceptors (Lipinski definition) is 5. The molecule has 2 rings (SSSR count). The van der Waals surface area contributed by atoms with Gasteiger partial charge in [-0.1, -0.05) is 13.8 Å².